The zero-order chi connectivity index (χ0) is 20.4. The van der Waals surface area contributed by atoms with Crippen LogP contribution in [0.3, 0.4) is 0 Å². The number of hydrogen-bond donors (Lipinski definition) is 1. The third kappa shape index (κ3) is 7.42. The number of hydrazone groups is 1. The molecule has 0 fully saturated rings. The van der Waals surface area contributed by atoms with E-state index in [1.165, 1.54) is 25.1 Å². The molecular weight excluding hydrogens is 423 g/mol. The molecule has 28 heavy (non-hydrogen) atoms. The summed E-state index contributed by atoms with van der Waals surface area (Å²) in [5.41, 5.74) is 3.96. The van der Waals surface area contributed by atoms with E-state index in [4.69, 9.17) is 27.9 Å². The summed E-state index contributed by atoms with van der Waals surface area (Å²) in [5, 5.41) is 5.07. The predicted octanol–water partition coefficient (Wildman–Crippen LogP) is 3.93. The van der Waals surface area contributed by atoms with Gasteiger partial charge in [0.05, 0.1) is 19.1 Å². The summed E-state index contributed by atoms with van der Waals surface area (Å²) in [4.78, 5) is 23.0. The molecule has 0 aromatic heterocycles. The minimum atomic E-state index is -0.470. The molecule has 0 bridgehead atoms. The van der Waals surface area contributed by atoms with Crippen LogP contribution < -0.4 is 10.2 Å². The maximum atomic E-state index is 11.9. The lowest BCUT2D eigenvalue weighted by Gasteiger charge is -2.06. The van der Waals surface area contributed by atoms with Crippen LogP contribution in [0.2, 0.25) is 10.0 Å². The average molecular weight is 441 g/mol. The van der Waals surface area contributed by atoms with Crippen molar-refractivity contribution in [3.05, 3.63) is 63.6 Å². The second-order valence-corrected chi connectivity index (χ2v) is 7.22. The van der Waals surface area contributed by atoms with Gasteiger partial charge in [0.1, 0.15) is 5.75 Å². The molecule has 2 rings (SSSR count). The van der Waals surface area contributed by atoms with Crippen molar-refractivity contribution in [3.63, 3.8) is 0 Å². The van der Waals surface area contributed by atoms with Gasteiger partial charge in [-0.05, 0) is 35.4 Å². The van der Waals surface area contributed by atoms with Gasteiger partial charge in [-0.2, -0.15) is 5.10 Å². The number of carbonyl (C=O) groups excluding carboxylic acids is 2. The zero-order valence-electron chi connectivity index (χ0n) is 15.0. The fraction of sp³-hybridized carbons (Fsp3) is 0.211. The number of esters is 1. The molecule has 0 saturated carbocycles. The summed E-state index contributed by atoms with van der Waals surface area (Å²) in [6.45, 7) is -0.180. The number of benzene rings is 2. The first kappa shape index (κ1) is 22.1. The topological polar surface area (TPSA) is 77.0 Å². The van der Waals surface area contributed by atoms with Gasteiger partial charge in [0.2, 0.25) is 5.91 Å². The molecule has 1 amide bonds. The summed E-state index contributed by atoms with van der Waals surface area (Å²) in [7, 11) is 1.29. The lowest BCUT2D eigenvalue weighted by atomic mass is 10.2. The standard InChI is InChI=1S/C19H18Cl2N2O4S/c1-26-19(25)10-27-14-5-2-4-13(8-14)9-22-23-18(24)12-28-11-15-16(20)6-3-7-17(15)21/h2-9H,10-12H2,1H3,(H,23,24)/b22-9-. The van der Waals surface area contributed by atoms with E-state index >= 15 is 0 Å². The highest BCUT2D eigenvalue weighted by Gasteiger charge is 2.07. The third-order valence-electron chi connectivity index (χ3n) is 3.39. The smallest absolute Gasteiger partial charge is 0.343 e. The molecule has 0 unspecified atom stereocenters. The number of halogens is 2. The van der Waals surface area contributed by atoms with Crippen LogP contribution in [0.15, 0.2) is 47.6 Å². The average Bonchev–Trinajstić information content (AvgIpc) is 2.68. The van der Waals surface area contributed by atoms with E-state index in [9.17, 15) is 9.59 Å². The first-order valence-corrected chi connectivity index (χ1v) is 10.0. The Hall–Kier alpha value is -2.22. The third-order valence-corrected chi connectivity index (χ3v) is 5.05. The lowest BCUT2D eigenvalue weighted by Crippen LogP contribution is -2.19. The SMILES string of the molecule is COC(=O)COc1cccc(/C=N\NC(=O)CSCc2c(Cl)cccc2Cl)c1. The number of hydrogen-bond acceptors (Lipinski definition) is 6. The van der Waals surface area contributed by atoms with Crippen LogP contribution >= 0.6 is 35.0 Å². The first-order valence-electron chi connectivity index (χ1n) is 8.12. The summed E-state index contributed by atoms with van der Waals surface area (Å²) >= 11 is 13.6. The van der Waals surface area contributed by atoms with Crippen LogP contribution in [0.4, 0.5) is 0 Å². The van der Waals surface area contributed by atoms with Crippen molar-refractivity contribution < 1.29 is 19.1 Å². The second kappa shape index (κ2) is 11.6. The fourth-order valence-corrected chi connectivity index (χ4v) is 3.57. The number of nitrogens with zero attached hydrogens (tertiary/aromatic N) is 1. The highest BCUT2D eigenvalue weighted by atomic mass is 35.5. The quantitative estimate of drug-likeness (QED) is 0.363. The highest BCUT2D eigenvalue weighted by molar-refractivity contribution is 7.99. The number of ether oxygens (including phenoxy) is 2. The molecule has 0 aliphatic rings. The lowest BCUT2D eigenvalue weighted by molar-refractivity contribution is -0.142. The van der Waals surface area contributed by atoms with Crippen LogP contribution in [0, 0.1) is 0 Å². The van der Waals surface area contributed by atoms with Crippen LogP contribution in [-0.2, 0) is 20.1 Å². The van der Waals surface area contributed by atoms with Gasteiger partial charge in [0.25, 0.3) is 0 Å². The van der Waals surface area contributed by atoms with E-state index in [2.05, 4.69) is 15.3 Å². The number of rotatable bonds is 9. The summed E-state index contributed by atoms with van der Waals surface area (Å²) in [6, 6.07) is 12.2. The number of methoxy groups -OCH3 is 1. The Morgan fingerprint density at radius 2 is 1.89 bits per heavy atom. The van der Waals surface area contributed by atoms with Gasteiger partial charge in [0.15, 0.2) is 6.61 Å². The van der Waals surface area contributed by atoms with Crippen LogP contribution in [0.25, 0.3) is 0 Å². The Morgan fingerprint density at radius 3 is 2.61 bits per heavy atom. The largest absolute Gasteiger partial charge is 0.482 e. The Labute approximate surface area is 177 Å². The van der Waals surface area contributed by atoms with Crippen molar-refractivity contribution in [1.82, 2.24) is 5.43 Å². The maximum absolute atomic E-state index is 11.9. The second-order valence-electron chi connectivity index (χ2n) is 5.42. The molecule has 0 aliphatic heterocycles. The van der Waals surface area contributed by atoms with Gasteiger partial charge >= 0.3 is 5.97 Å². The number of amides is 1. The van der Waals surface area contributed by atoms with Crippen LogP contribution in [-0.4, -0.2) is 37.6 Å². The van der Waals surface area contributed by atoms with E-state index < -0.39 is 5.97 Å². The molecule has 0 saturated heterocycles. The molecule has 1 N–H and O–H groups in total. The van der Waals surface area contributed by atoms with E-state index in [0.717, 1.165) is 5.56 Å². The van der Waals surface area contributed by atoms with E-state index in [-0.39, 0.29) is 18.3 Å². The minimum absolute atomic E-state index is 0.180. The number of nitrogens with one attached hydrogen (secondary N) is 1. The predicted molar refractivity (Wildman–Crippen MR) is 112 cm³/mol. The van der Waals surface area contributed by atoms with Crippen molar-refractivity contribution in [2.45, 2.75) is 5.75 Å². The molecule has 2 aromatic rings. The Morgan fingerprint density at radius 1 is 1.18 bits per heavy atom. The van der Waals surface area contributed by atoms with Gasteiger partial charge in [0, 0.05) is 15.8 Å². The normalized spacial score (nSPS) is 10.7. The molecule has 6 nitrogen and oxygen atoms in total. The molecule has 2 aromatic carbocycles. The molecule has 0 heterocycles. The monoisotopic (exact) mass is 440 g/mol. The van der Waals surface area contributed by atoms with Crippen molar-refractivity contribution >= 4 is 53.1 Å². The van der Waals surface area contributed by atoms with Gasteiger partial charge in [-0.25, -0.2) is 10.2 Å². The van der Waals surface area contributed by atoms with E-state index in [1.807, 2.05) is 0 Å². The molecule has 0 aliphatic carbocycles. The minimum Gasteiger partial charge on any atom is -0.482 e. The molecule has 0 radical (unpaired) electrons. The Balaban J connectivity index is 1.77. The van der Waals surface area contributed by atoms with Gasteiger partial charge < -0.3 is 9.47 Å². The van der Waals surface area contributed by atoms with Crippen LogP contribution in [0.1, 0.15) is 11.1 Å². The van der Waals surface area contributed by atoms with Gasteiger partial charge in [-0.3, -0.25) is 4.79 Å². The maximum Gasteiger partial charge on any atom is 0.343 e. The summed E-state index contributed by atoms with van der Waals surface area (Å²) in [6.07, 6.45) is 1.48. The Bertz CT molecular complexity index is 841. The highest BCUT2D eigenvalue weighted by Crippen LogP contribution is 2.28. The summed E-state index contributed by atoms with van der Waals surface area (Å²) < 4.78 is 9.81. The van der Waals surface area contributed by atoms with Crippen molar-refractivity contribution in [2.24, 2.45) is 5.10 Å². The molecule has 9 heteroatoms. The molecular formula is C19H18Cl2N2O4S. The van der Waals surface area contributed by atoms with Crippen molar-refractivity contribution in [1.29, 1.82) is 0 Å². The Kier molecular flexibility index (Phi) is 9.13. The van der Waals surface area contributed by atoms with Crippen LogP contribution in [0.5, 0.6) is 5.75 Å². The first-order chi connectivity index (χ1) is 13.5. The van der Waals surface area contributed by atoms with Gasteiger partial charge in [-0.1, -0.05) is 41.4 Å². The molecule has 0 atom stereocenters. The zero-order valence-corrected chi connectivity index (χ0v) is 17.3. The van der Waals surface area contributed by atoms with Crippen molar-refractivity contribution in [2.75, 3.05) is 19.5 Å². The molecule has 148 valence electrons. The molecule has 0 spiro atoms. The summed E-state index contributed by atoms with van der Waals surface area (Å²) in [5.74, 6) is 0.508. The van der Waals surface area contributed by atoms with Crippen molar-refractivity contribution in [3.8, 4) is 5.75 Å². The van der Waals surface area contributed by atoms with E-state index in [1.54, 1.807) is 42.5 Å². The number of thioether (sulfide) groups is 1. The van der Waals surface area contributed by atoms with Gasteiger partial charge in [-0.15, -0.1) is 11.8 Å². The fourth-order valence-electron chi connectivity index (χ4n) is 2.01. The van der Waals surface area contributed by atoms with E-state index in [0.29, 0.717) is 27.1 Å². The number of carbonyl (C=O) groups is 2.